The highest BCUT2D eigenvalue weighted by atomic mass is 16.5. The molecule has 0 spiro atoms. The summed E-state index contributed by atoms with van der Waals surface area (Å²) in [5.74, 6) is 0. The molecule has 0 unspecified atom stereocenters. The molecule has 0 atom stereocenters. The number of hydrogen-bond donors (Lipinski definition) is 2. The van der Waals surface area contributed by atoms with Gasteiger partial charge in [0.15, 0.2) is 6.29 Å². The Kier molecular flexibility index (Phi) is 3.79. The van der Waals surface area contributed by atoms with Gasteiger partial charge in [0, 0.05) is 23.4 Å². The van der Waals surface area contributed by atoms with Crippen LogP contribution in [0.4, 0.5) is 0 Å². The number of aryl methyl sites for hydroxylation is 1. The minimum atomic E-state index is -1.43. The van der Waals surface area contributed by atoms with Crippen LogP contribution in [0.15, 0.2) is 57.7 Å². The first-order chi connectivity index (χ1) is 10.5. The molecular weight excluding hydrogens is 280 g/mol. The smallest absolute Gasteiger partial charge is 0.336 e. The fourth-order valence-corrected chi connectivity index (χ4v) is 2.64. The van der Waals surface area contributed by atoms with Crippen LogP contribution in [-0.4, -0.2) is 16.5 Å². The molecule has 2 N–H and O–H groups in total. The van der Waals surface area contributed by atoms with E-state index in [4.69, 9.17) is 14.6 Å². The van der Waals surface area contributed by atoms with Gasteiger partial charge in [-0.25, -0.2) is 4.79 Å². The lowest BCUT2D eigenvalue weighted by atomic mass is 9.97. The van der Waals surface area contributed by atoms with Crippen molar-refractivity contribution in [2.75, 3.05) is 0 Å². The van der Waals surface area contributed by atoms with Gasteiger partial charge in [0.2, 0.25) is 0 Å². The zero-order valence-corrected chi connectivity index (χ0v) is 12.1. The summed E-state index contributed by atoms with van der Waals surface area (Å²) in [6.07, 6.45) is -1.34. The third-order valence-electron chi connectivity index (χ3n) is 3.66. The average molecular weight is 296 g/mol. The number of rotatable bonds is 3. The summed E-state index contributed by atoms with van der Waals surface area (Å²) in [5.41, 5.74) is 3.60. The number of aliphatic hydroxyl groups excluding tert-OH is 1. The van der Waals surface area contributed by atoms with Crippen molar-refractivity contribution < 1.29 is 14.6 Å². The van der Waals surface area contributed by atoms with Gasteiger partial charge < -0.3 is 14.6 Å². The highest BCUT2D eigenvalue weighted by Gasteiger charge is 2.11. The molecule has 0 saturated heterocycles. The Morgan fingerprint density at radius 3 is 2.55 bits per heavy atom. The standard InChI is InChI=1S/C18H16O4/c1-11-4-2-3-5-13(11)15-10-18(21)22-16-8-12(9-17(19)20)6-7-14(15)16/h2-8,10,17,19-20H,9H2,1H3. The van der Waals surface area contributed by atoms with Crippen LogP contribution in [0.25, 0.3) is 22.1 Å². The Morgan fingerprint density at radius 1 is 1.05 bits per heavy atom. The summed E-state index contributed by atoms with van der Waals surface area (Å²) in [5, 5.41) is 19.0. The summed E-state index contributed by atoms with van der Waals surface area (Å²) in [6, 6.07) is 14.7. The van der Waals surface area contributed by atoms with Crippen molar-refractivity contribution in [3.8, 4) is 11.1 Å². The normalized spacial score (nSPS) is 11.3. The number of fused-ring (bicyclic) bond motifs is 1. The van der Waals surface area contributed by atoms with E-state index in [9.17, 15) is 4.79 Å². The topological polar surface area (TPSA) is 70.7 Å². The average Bonchev–Trinajstić information content (AvgIpc) is 2.46. The first-order valence-electron chi connectivity index (χ1n) is 7.03. The largest absolute Gasteiger partial charge is 0.423 e. The van der Waals surface area contributed by atoms with E-state index in [1.807, 2.05) is 43.3 Å². The molecule has 3 aromatic rings. The van der Waals surface area contributed by atoms with Gasteiger partial charge in [-0.1, -0.05) is 36.4 Å². The van der Waals surface area contributed by atoms with Gasteiger partial charge in [0.25, 0.3) is 0 Å². The van der Waals surface area contributed by atoms with E-state index < -0.39 is 11.9 Å². The highest BCUT2D eigenvalue weighted by Crippen LogP contribution is 2.30. The molecule has 3 rings (SSSR count). The van der Waals surface area contributed by atoms with Crippen molar-refractivity contribution in [3.63, 3.8) is 0 Å². The number of hydrogen-bond acceptors (Lipinski definition) is 4. The monoisotopic (exact) mass is 296 g/mol. The van der Waals surface area contributed by atoms with E-state index in [0.717, 1.165) is 22.1 Å². The van der Waals surface area contributed by atoms with Crippen LogP contribution in [0.5, 0.6) is 0 Å². The van der Waals surface area contributed by atoms with E-state index in [1.54, 1.807) is 6.07 Å². The van der Waals surface area contributed by atoms with Crippen LogP contribution in [0, 0.1) is 6.92 Å². The molecule has 0 aliphatic carbocycles. The molecule has 0 saturated carbocycles. The van der Waals surface area contributed by atoms with Crippen LogP contribution >= 0.6 is 0 Å². The minimum Gasteiger partial charge on any atom is -0.423 e. The summed E-state index contributed by atoms with van der Waals surface area (Å²) >= 11 is 0. The first-order valence-corrected chi connectivity index (χ1v) is 7.03. The maximum absolute atomic E-state index is 11.9. The second kappa shape index (κ2) is 5.75. The predicted molar refractivity (Wildman–Crippen MR) is 84.6 cm³/mol. The Hall–Kier alpha value is -2.43. The molecule has 0 amide bonds. The highest BCUT2D eigenvalue weighted by molar-refractivity contribution is 5.94. The SMILES string of the molecule is Cc1ccccc1-c1cc(=O)oc2cc(CC(O)O)ccc12. The van der Waals surface area contributed by atoms with Crippen LogP contribution < -0.4 is 5.63 Å². The summed E-state index contributed by atoms with van der Waals surface area (Å²) in [4.78, 5) is 11.9. The lowest BCUT2D eigenvalue weighted by Gasteiger charge is -2.10. The Balaban J connectivity index is 2.23. The zero-order valence-electron chi connectivity index (χ0n) is 12.1. The van der Waals surface area contributed by atoms with Crippen LogP contribution in [0.2, 0.25) is 0 Å². The van der Waals surface area contributed by atoms with Crippen LogP contribution in [-0.2, 0) is 6.42 Å². The Morgan fingerprint density at radius 2 is 1.82 bits per heavy atom. The second-order valence-corrected chi connectivity index (χ2v) is 5.31. The number of benzene rings is 2. The first kappa shape index (κ1) is 14.5. The molecule has 0 fully saturated rings. The molecule has 4 nitrogen and oxygen atoms in total. The van der Waals surface area contributed by atoms with Crippen molar-refractivity contribution >= 4 is 11.0 Å². The molecule has 0 aliphatic rings. The number of aliphatic hydroxyl groups is 2. The summed E-state index contributed by atoms with van der Waals surface area (Å²) < 4.78 is 5.27. The molecular formula is C18H16O4. The van der Waals surface area contributed by atoms with Gasteiger partial charge in [-0.3, -0.25) is 0 Å². The zero-order chi connectivity index (χ0) is 15.7. The fourth-order valence-electron chi connectivity index (χ4n) is 2.64. The van der Waals surface area contributed by atoms with Gasteiger partial charge in [0.1, 0.15) is 5.58 Å². The van der Waals surface area contributed by atoms with E-state index in [1.165, 1.54) is 6.07 Å². The van der Waals surface area contributed by atoms with E-state index in [0.29, 0.717) is 11.1 Å². The van der Waals surface area contributed by atoms with E-state index >= 15 is 0 Å². The molecule has 112 valence electrons. The molecule has 0 radical (unpaired) electrons. The third kappa shape index (κ3) is 2.79. The van der Waals surface area contributed by atoms with Gasteiger partial charge in [-0.2, -0.15) is 0 Å². The van der Waals surface area contributed by atoms with Crippen molar-refractivity contribution in [3.05, 3.63) is 70.1 Å². The van der Waals surface area contributed by atoms with Gasteiger partial charge in [0.05, 0.1) is 0 Å². The molecule has 1 heterocycles. The minimum absolute atomic E-state index is 0.0915. The molecule has 0 bridgehead atoms. The molecule has 22 heavy (non-hydrogen) atoms. The molecule has 4 heteroatoms. The van der Waals surface area contributed by atoms with Crippen LogP contribution in [0.1, 0.15) is 11.1 Å². The summed E-state index contributed by atoms with van der Waals surface area (Å²) in [6.45, 7) is 1.99. The van der Waals surface area contributed by atoms with Crippen molar-refractivity contribution in [2.24, 2.45) is 0 Å². The van der Waals surface area contributed by atoms with E-state index in [2.05, 4.69) is 0 Å². The maximum Gasteiger partial charge on any atom is 0.336 e. The third-order valence-corrected chi connectivity index (χ3v) is 3.66. The van der Waals surface area contributed by atoms with E-state index in [-0.39, 0.29) is 6.42 Å². The molecule has 2 aromatic carbocycles. The molecule has 1 aromatic heterocycles. The quantitative estimate of drug-likeness (QED) is 0.576. The fraction of sp³-hybridized carbons (Fsp3) is 0.167. The Labute approximate surface area is 127 Å². The second-order valence-electron chi connectivity index (χ2n) is 5.31. The van der Waals surface area contributed by atoms with Gasteiger partial charge >= 0.3 is 5.63 Å². The lowest BCUT2D eigenvalue weighted by Crippen LogP contribution is -2.08. The van der Waals surface area contributed by atoms with Crippen molar-refractivity contribution in [1.82, 2.24) is 0 Å². The maximum atomic E-state index is 11.9. The van der Waals surface area contributed by atoms with Crippen LogP contribution in [0.3, 0.4) is 0 Å². The summed E-state index contributed by atoms with van der Waals surface area (Å²) in [7, 11) is 0. The molecule has 0 aliphatic heterocycles. The van der Waals surface area contributed by atoms with Crippen molar-refractivity contribution in [1.29, 1.82) is 0 Å². The van der Waals surface area contributed by atoms with Gasteiger partial charge in [-0.15, -0.1) is 0 Å². The van der Waals surface area contributed by atoms with Gasteiger partial charge in [-0.05, 0) is 29.7 Å². The lowest BCUT2D eigenvalue weighted by molar-refractivity contribution is -0.0381. The Bertz CT molecular complexity index is 878. The predicted octanol–water partition coefficient (Wildman–Crippen LogP) is 2.62. The van der Waals surface area contributed by atoms with Crippen molar-refractivity contribution in [2.45, 2.75) is 19.6 Å².